The molecule has 1 aromatic rings. The molecule has 0 amide bonds. The molecule has 0 saturated heterocycles. The quantitative estimate of drug-likeness (QED) is 0.881. The molecule has 1 aromatic carbocycles. The predicted octanol–water partition coefficient (Wildman–Crippen LogP) is 3.52. The van der Waals surface area contributed by atoms with E-state index in [2.05, 4.69) is 44.3 Å². The summed E-state index contributed by atoms with van der Waals surface area (Å²) in [6.45, 7) is 10.8. The summed E-state index contributed by atoms with van der Waals surface area (Å²) in [5.41, 5.74) is 3.10. The van der Waals surface area contributed by atoms with Gasteiger partial charge < -0.3 is 4.74 Å². The van der Waals surface area contributed by atoms with Crippen molar-refractivity contribution in [3.05, 3.63) is 28.8 Å². The Morgan fingerprint density at radius 1 is 1.37 bits per heavy atom. The van der Waals surface area contributed by atoms with Crippen molar-refractivity contribution in [3.63, 3.8) is 0 Å². The molecule has 0 atom stereocenters. The summed E-state index contributed by atoms with van der Waals surface area (Å²) in [5.74, 6) is 1.36. The van der Waals surface area contributed by atoms with Gasteiger partial charge in [-0.05, 0) is 49.4 Å². The third-order valence-corrected chi connectivity index (χ3v) is 3.31. The van der Waals surface area contributed by atoms with Crippen LogP contribution in [0.5, 0.6) is 5.75 Å². The molecule has 19 heavy (non-hydrogen) atoms. The van der Waals surface area contributed by atoms with Gasteiger partial charge in [-0.1, -0.05) is 19.9 Å². The van der Waals surface area contributed by atoms with Gasteiger partial charge in [0.05, 0.1) is 13.2 Å². The van der Waals surface area contributed by atoms with Gasteiger partial charge >= 0.3 is 0 Å². The highest BCUT2D eigenvalue weighted by molar-refractivity contribution is 5.44. The summed E-state index contributed by atoms with van der Waals surface area (Å²) in [5, 5.41) is 12.3. The number of rotatable bonds is 5. The monoisotopic (exact) mass is 260 g/mol. The Hall–Kier alpha value is -1.53. The lowest BCUT2D eigenvalue weighted by Gasteiger charge is -2.20. The van der Waals surface area contributed by atoms with E-state index in [1.54, 1.807) is 7.11 Å². The van der Waals surface area contributed by atoms with Gasteiger partial charge in [0, 0.05) is 6.54 Å². The molecule has 0 aromatic heterocycles. The van der Waals surface area contributed by atoms with Gasteiger partial charge in [0.1, 0.15) is 11.3 Å². The van der Waals surface area contributed by atoms with E-state index in [9.17, 15) is 0 Å². The second-order valence-electron chi connectivity index (χ2n) is 5.77. The zero-order valence-corrected chi connectivity index (χ0v) is 12.8. The minimum absolute atomic E-state index is 0.415. The highest BCUT2D eigenvalue weighted by Gasteiger charge is 2.17. The van der Waals surface area contributed by atoms with Gasteiger partial charge in [0.2, 0.25) is 0 Å². The molecule has 1 N–H and O–H groups in total. The van der Waals surface area contributed by atoms with Crippen molar-refractivity contribution in [2.45, 2.75) is 52.6 Å². The van der Waals surface area contributed by atoms with E-state index in [0.717, 1.165) is 5.75 Å². The number of aryl methyl sites for hydroxylation is 1. The molecule has 0 aliphatic heterocycles. The van der Waals surface area contributed by atoms with Gasteiger partial charge in [0.15, 0.2) is 0 Å². The van der Waals surface area contributed by atoms with Crippen LogP contribution in [0.1, 0.15) is 50.3 Å². The van der Waals surface area contributed by atoms with E-state index < -0.39 is 5.54 Å². The second-order valence-corrected chi connectivity index (χ2v) is 5.77. The molecule has 0 fully saturated rings. The Bertz CT molecular complexity index is 484. The van der Waals surface area contributed by atoms with Crippen LogP contribution in [0.15, 0.2) is 12.1 Å². The number of benzene rings is 1. The third kappa shape index (κ3) is 3.97. The van der Waals surface area contributed by atoms with Crippen molar-refractivity contribution in [1.82, 2.24) is 5.32 Å². The van der Waals surface area contributed by atoms with Crippen LogP contribution in [0.2, 0.25) is 0 Å². The SMILES string of the molecule is COc1cc(C)c(CNC(C)(C)C#N)cc1C(C)C. The van der Waals surface area contributed by atoms with E-state index in [0.29, 0.717) is 12.5 Å². The number of ether oxygens (including phenoxy) is 1. The molecule has 3 heteroatoms. The topological polar surface area (TPSA) is 45.0 Å². The summed E-state index contributed by atoms with van der Waals surface area (Å²) in [4.78, 5) is 0. The van der Waals surface area contributed by atoms with E-state index in [1.807, 2.05) is 13.8 Å². The van der Waals surface area contributed by atoms with Gasteiger partial charge in [-0.2, -0.15) is 5.26 Å². The number of nitrogens with one attached hydrogen (secondary N) is 1. The maximum absolute atomic E-state index is 9.03. The Morgan fingerprint density at radius 3 is 2.47 bits per heavy atom. The van der Waals surface area contributed by atoms with Crippen LogP contribution in [0, 0.1) is 18.3 Å². The van der Waals surface area contributed by atoms with Gasteiger partial charge in [-0.3, -0.25) is 5.32 Å². The van der Waals surface area contributed by atoms with E-state index in [4.69, 9.17) is 10.00 Å². The number of hydrogen-bond acceptors (Lipinski definition) is 3. The van der Waals surface area contributed by atoms with Crippen LogP contribution < -0.4 is 10.1 Å². The van der Waals surface area contributed by atoms with Crippen LogP contribution in [0.4, 0.5) is 0 Å². The van der Waals surface area contributed by atoms with Gasteiger partial charge in [-0.15, -0.1) is 0 Å². The van der Waals surface area contributed by atoms with Crippen LogP contribution in [-0.2, 0) is 6.54 Å². The first-order valence-corrected chi connectivity index (χ1v) is 6.64. The molecule has 0 radical (unpaired) electrons. The minimum atomic E-state index is -0.510. The number of methoxy groups -OCH3 is 1. The van der Waals surface area contributed by atoms with Crippen molar-refractivity contribution in [3.8, 4) is 11.8 Å². The highest BCUT2D eigenvalue weighted by atomic mass is 16.5. The maximum atomic E-state index is 9.03. The zero-order chi connectivity index (χ0) is 14.6. The molecular formula is C16H24N2O. The first-order chi connectivity index (χ1) is 8.80. The molecule has 0 unspecified atom stereocenters. The largest absolute Gasteiger partial charge is 0.496 e. The van der Waals surface area contributed by atoms with Crippen LogP contribution >= 0.6 is 0 Å². The molecule has 0 heterocycles. The van der Waals surface area contributed by atoms with Crippen molar-refractivity contribution < 1.29 is 4.74 Å². The Labute approximate surface area is 116 Å². The molecular weight excluding hydrogens is 236 g/mol. The summed E-state index contributed by atoms with van der Waals surface area (Å²) >= 11 is 0. The summed E-state index contributed by atoms with van der Waals surface area (Å²) in [6, 6.07) is 6.51. The maximum Gasteiger partial charge on any atom is 0.122 e. The molecule has 0 bridgehead atoms. The molecule has 104 valence electrons. The molecule has 0 saturated carbocycles. The lowest BCUT2D eigenvalue weighted by molar-refractivity contribution is 0.406. The van der Waals surface area contributed by atoms with Gasteiger partial charge in [0.25, 0.3) is 0 Å². The van der Waals surface area contributed by atoms with Crippen molar-refractivity contribution >= 4 is 0 Å². The summed E-state index contributed by atoms with van der Waals surface area (Å²) in [7, 11) is 1.71. The summed E-state index contributed by atoms with van der Waals surface area (Å²) in [6.07, 6.45) is 0. The Kier molecular flexibility index (Phi) is 4.97. The number of hydrogen-bond donors (Lipinski definition) is 1. The number of nitriles is 1. The van der Waals surface area contributed by atoms with Crippen LogP contribution in [-0.4, -0.2) is 12.6 Å². The normalized spacial score (nSPS) is 11.5. The molecule has 3 nitrogen and oxygen atoms in total. The number of nitrogens with zero attached hydrogens (tertiary/aromatic N) is 1. The predicted molar refractivity (Wildman–Crippen MR) is 78.4 cm³/mol. The molecule has 0 aliphatic rings. The fourth-order valence-electron chi connectivity index (χ4n) is 1.92. The van der Waals surface area contributed by atoms with Gasteiger partial charge in [-0.25, -0.2) is 0 Å². The smallest absolute Gasteiger partial charge is 0.122 e. The van der Waals surface area contributed by atoms with E-state index in [1.165, 1.54) is 16.7 Å². The fraction of sp³-hybridized carbons (Fsp3) is 0.562. The van der Waals surface area contributed by atoms with E-state index >= 15 is 0 Å². The van der Waals surface area contributed by atoms with Crippen molar-refractivity contribution in [2.75, 3.05) is 7.11 Å². The van der Waals surface area contributed by atoms with Crippen LogP contribution in [0.3, 0.4) is 0 Å². The standard InChI is InChI=1S/C16H24N2O/c1-11(2)14-8-13(9-18-16(4,5)10-17)12(3)7-15(14)19-6/h7-8,11,18H,9H2,1-6H3. The third-order valence-electron chi connectivity index (χ3n) is 3.31. The highest BCUT2D eigenvalue weighted by Crippen LogP contribution is 2.29. The average Bonchev–Trinajstić information content (AvgIpc) is 2.36. The molecule has 0 aliphatic carbocycles. The summed E-state index contributed by atoms with van der Waals surface area (Å²) < 4.78 is 5.44. The first-order valence-electron chi connectivity index (χ1n) is 6.64. The first kappa shape index (κ1) is 15.5. The Balaban J connectivity index is 3.03. The lowest BCUT2D eigenvalue weighted by Crippen LogP contribution is -2.37. The van der Waals surface area contributed by atoms with E-state index in [-0.39, 0.29) is 0 Å². The van der Waals surface area contributed by atoms with Crippen molar-refractivity contribution in [2.24, 2.45) is 0 Å². The molecule has 0 spiro atoms. The molecule has 1 rings (SSSR count). The average molecular weight is 260 g/mol. The second kappa shape index (κ2) is 6.08. The minimum Gasteiger partial charge on any atom is -0.496 e. The fourth-order valence-corrected chi connectivity index (χ4v) is 1.92. The van der Waals surface area contributed by atoms with Crippen LogP contribution in [0.25, 0.3) is 0 Å². The zero-order valence-electron chi connectivity index (χ0n) is 12.8. The van der Waals surface area contributed by atoms with Crippen molar-refractivity contribution in [1.29, 1.82) is 5.26 Å². The Morgan fingerprint density at radius 2 is 2.00 bits per heavy atom. The lowest BCUT2D eigenvalue weighted by atomic mass is 9.96.